The van der Waals surface area contributed by atoms with E-state index >= 15 is 0 Å². The number of carbonyl (C=O) groups excluding carboxylic acids is 1. The quantitative estimate of drug-likeness (QED) is 0.583. The van der Waals surface area contributed by atoms with Gasteiger partial charge in [0, 0.05) is 23.8 Å². The zero-order valence-corrected chi connectivity index (χ0v) is 16.7. The Kier molecular flexibility index (Phi) is 5.07. The van der Waals surface area contributed by atoms with E-state index in [0.717, 1.165) is 0 Å². The maximum absolute atomic E-state index is 12.9. The van der Waals surface area contributed by atoms with E-state index in [1.165, 1.54) is 0 Å². The normalized spacial score (nSPS) is 23.0. The summed E-state index contributed by atoms with van der Waals surface area (Å²) in [5.74, 6) is 0.713. The Balaban J connectivity index is 1.56. The Labute approximate surface area is 168 Å². The van der Waals surface area contributed by atoms with Gasteiger partial charge in [0.05, 0.1) is 11.3 Å². The van der Waals surface area contributed by atoms with Crippen LogP contribution in [0.4, 0.5) is 11.4 Å². The van der Waals surface area contributed by atoms with Gasteiger partial charge in [-0.2, -0.15) is 0 Å². The standard InChI is InChI=1S/C19H22N4O5S/c1-11-18(12(2)22-21-11)29(25,26)23-15-6-4-3-5-14(15)19(24)20-13-7-8-16-17(9-13)28-10-27-16/h3-9,11-12,18,21-23H,10H2,1-2H3,(H,20,24). The molecule has 2 heterocycles. The van der Waals surface area contributed by atoms with E-state index in [2.05, 4.69) is 20.9 Å². The zero-order chi connectivity index (χ0) is 20.6. The monoisotopic (exact) mass is 418 g/mol. The van der Waals surface area contributed by atoms with Gasteiger partial charge in [-0.25, -0.2) is 8.42 Å². The molecule has 1 saturated heterocycles. The molecule has 1 fully saturated rings. The molecular weight excluding hydrogens is 396 g/mol. The number of hydrogen-bond donors (Lipinski definition) is 4. The third kappa shape index (κ3) is 3.86. The summed E-state index contributed by atoms with van der Waals surface area (Å²) in [6, 6.07) is 11.0. The van der Waals surface area contributed by atoms with Gasteiger partial charge in [-0.05, 0) is 38.1 Å². The minimum atomic E-state index is -3.74. The molecule has 2 aliphatic rings. The molecule has 2 aromatic rings. The molecular formula is C19H22N4O5S. The van der Waals surface area contributed by atoms with Crippen LogP contribution in [0.1, 0.15) is 24.2 Å². The van der Waals surface area contributed by atoms with Gasteiger partial charge in [-0.15, -0.1) is 0 Å². The Morgan fingerprint density at radius 2 is 1.72 bits per heavy atom. The number of nitrogens with one attached hydrogen (secondary N) is 4. The highest BCUT2D eigenvalue weighted by Crippen LogP contribution is 2.34. The van der Waals surface area contributed by atoms with Crippen molar-refractivity contribution in [2.45, 2.75) is 31.2 Å². The molecule has 0 radical (unpaired) electrons. The average Bonchev–Trinajstić information content (AvgIpc) is 3.27. The van der Waals surface area contributed by atoms with Gasteiger partial charge in [0.25, 0.3) is 5.91 Å². The van der Waals surface area contributed by atoms with Crippen LogP contribution in [-0.4, -0.2) is 38.5 Å². The van der Waals surface area contributed by atoms with Crippen LogP contribution in [0.25, 0.3) is 0 Å². The molecule has 0 bridgehead atoms. The first kappa shape index (κ1) is 19.5. The second-order valence-corrected chi connectivity index (χ2v) is 8.88. The van der Waals surface area contributed by atoms with Crippen molar-refractivity contribution in [1.82, 2.24) is 10.9 Å². The van der Waals surface area contributed by atoms with Crippen LogP contribution in [0.5, 0.6) is 11.5 Å². The fourth-order valence-corrected chi connectivity index (χ4v) is 5.39. The van der Waals surface area contributed by atoms with Crippen molar-refractivity contribution in [2.75, 3.05) is 16.8 Å². The van der Waals surface area contributed by atoms with E-state index in [9.17, 15) is 13.2 Å². The molecule has 9 nitrogen and oxygen atoms in total. The van der Waals surface area contributed by atoms with Crippen LogP contribution < -0.4 is 30.4 Å². The van der Waals surface area contributed by atoms with E-state index in [0.29, 0.717) is 17.2 Å². The fraction of sp³-hybridized carbons (Fsp3) is 0.316. The molecule has 4 N–H and O–H groups in total. The molecule has 0 spiro atoms. The number of para-hydroxylation sites is 1. The number of benzene rings is 2. The first-order valence-corrected chi connectivity index (χ1v) is 10.7. The lowest BCUT2D eigenvalue weighted by Crippen LogP contribution is -2.41. The van der Waals surface area contributed by atoms with Crippen molar-refractivity contribution < 1.29 is 22.7 Å². The number of sulfonamides is 1. The topological polar surface area (TPSA) is 118 Å². The maximum Gasteiger partial charge on any atom is 0.257 e. The van der Waals surface area contributed by atoms with Crippen molar-refractivity contribution in [3.05, 3.63) is 48.0 Å². The lowest BCUT2D eigenvalue weighted by molar-refractivity contribution is 0.102. The number of carbonyl (C=O) groups is 1. The van der Waals surface area contributed by atoms with Crippen molar-refractivity contribution in [2.24, 2.45) is 0 Å². The summed E-state index contributed by atoms with van der Waals surface area (Å²) in [5.41, 5.74) is 6.81. The predicted molar refractivity (Wildman–Crippen MR) is 108 cm³/mol. The minimum Gasteiger partial charge on any atom is -0.454 e. The Bertz CT molecular complexity index is 1030. The SMILES string of the molecule is CC1NNC(C)C1S(=O)(=O)Nc1ccccc1C(=O)Nc1ccc2c(c1)OCO2. The van der Waals surface area contributed by atoms with E-state index in [1.807, 2.05) is 0 Å². The van der Waals surface area contributed by atoms with E-state index in [4.69, 9.17) is 9.47 Å². The number of rotatable bonds is 5. The van der Waals surface area contributed by atoms with E-state index < -0.39 is 21.2 Å². The number of hydrogen-bond acceptors (Lipinski definition) is 7. The number of hydrazine groups is 1. The van der Waals surface area contributed by atoms with Crippen LogP contribution in [-0.2, 0) is 10.0 Å². The molecule has 0 aromatic heterocycles. The van der Waals surface area contributed by atoms with Gasteiger partial charge >= 0.3 is 0 Å². The molecule has 29 heavy (non-hydrogen) atoms. The summed E-state index contributed by atoms with van der Waals surface area (Å²) in [6.45, 7) is 3.72. The average molecular weight is 418 g/mol. The number of ether oxygens (including phenoxy) is 2. The fourth-order valence-electron chi connectivity index (χ4n) is 3.56. The van der Waals surface area contributed by atoms with E-state index in [1.54, 1.807) is 56.3 Å². The molecule has 4 rings (SSSR count). The highest BCUT2D eigenvalue weighted by atomic mass is 32.2. The van der Waals surface area contributed by atoms with Crippen molar-refractivity contribution >= 4 is 27.3 Å². The summed E-state index contributed by atoms with van der Waals surface area (Å²) in [5, 5.41) is 2.08. The maximum atomic E-state index is 12.9. The second kappa shape index (κ2) is 7.54. The van der Waals surface area contributed by atoms with Gasteiger partial charge in [-0.1, -0.05) is 12.1 Å². The first-order valence-electron chi connectivity index (χ1n) is 9.18. The molecule has 2 atom stereocenters. The molecule has 0 aliphatic carbocycles. The lowest BCUT2D eigenvalue weighted by Gasteiger charge is -2.20. The molecule has 0 saturated carbocycles. The second-order valence-electron chi connectivity index (χ2n) is 7.05. The third-order valence-electron chi connectivity index (χ3n) is 4.94. The third-order valence-corrected chi connectivity index (χ3v) is 6.97. The largest absolute Gasteiger partial charge is 0.454 e. The molecule has 2 unspecified atom stereocenters. The van der Waals surface area contributed by atoms with Crippen molar-refractivity contribution in [1.29, 1.82) is 0 Å². The van der Waals surface area contributed by atoms with Gasteiger partial charge in [0.15, 0.2) is 11.5 Å². The highest BCUT2D eigenvalue weighted by molar-refractivity contribution is 7.93. The summed E-state index contributed by atoms with van der Waals surface area (Å²) >= 11 is 0. The number of anilines is 2. The molecule has 2 aromatic carbocycles. The Morgan fingerprint density at radius 3 is 2.48 bits per heavy atom. The summed E-state index contributed by atoms with van der Waals surface area (Å²) < 4.78 is 39.0. The molecule has 10 heteroatoms. The summed E-state index contributed by atoms with van der Waals surface area (Å²) in [4.78, 5) is 12.8. The van der Waals surface area contributed by atoms with Gasteiger partial charge in [0.1, 0.15) is 5.25 Å². The number of fused-ring (bicyclic) bond motifs is 1. The van der Waals surface area contributed by atoms with Crippen LogP contribution >= 0.6 is 0 Å². The lowest BCUT2D eigenvalue weighted by atomic mass is 10.1. The summed E-state index contributed by atoms with van der Waals surface area (Å²) in [6.07, 6.45) is 0. The molecule has 1 amide bonds. The Morgan fingerprint density at radius 1 is 1.03 bits per heavy atom. The summed E-state index contributed by atoms with van der Waals surface area (Å²) in [7, 11) is -3.74. The minimum absolute atomic E-state index is 0.138. The van der Waals surface area contributed by atoms with Gasteiger partial charge in [0.2, 0.25) is 16.8 Å². The predicted octanol–water partition coefficient (Wildman–Crippen LogP) is 1.66. The number of amides is 1. The van der Waals surface area contributed by atoms with Gasteiger partial charge in [-0.3, -0.25) is 20.4 Å². The van der Waals surface area contributed by atoms with Crippen molar-refractivity contribution in [3.63, 3.8) is 0 Å². The van der Waals surface area contributed by atoms with Gasteiger partial charge < -0.3 is 14.8 Å². The first-order chi connectivity index (χ1) is 13.8. The Hall–Kier alpha value is -2.82. The zero-order valence-electron chi connectivity index (χ0n) is 15.9. The van der Waals surface area contributed by atoms with Crippen LogP contribution in [0.3, 0.4) is 0 Å². The van der Waals surface area contributed by atoms with Crippen LogP contribution in [0.15, 0.2) is 42.5 Å². The van der Waals surface area contributed by atoms with Crippen LogP contribution in [0, 0.1) is 0 Å². The molecule has 154 valence electrons. The smallest absolute Gasteiger partial charge is 0.257 e. The highest BCUT2D eigenvalue weighted by Gasteiger charge is 2.40. The molecule has 2 aliphatic heterocycles. The van der Waals surface area contributed by atoms with E-state index in [-0.39, 0.29) is 30.1 Å². The van der Waals surface area contributed by atoms with Crippen LogP contribution in [0.2, 0.25) is 0 Å². The van der Waals surface area contributed by atoms with Crippen molar-refractivity contribution in [3.8, 4) is 11.5 Å².